The van der Waals surface area contributed by atoms with Crippen LogP contribution in [-0.2, 0) is 0 Å². The molecule has 0 amide bonds. The van der Waals surface area contributed by atoms with Gasteiger partial charge in [-0.15, -0.1) is 11.3 Å². The first-order chi connectivity index (χ1) is 7.65. The maximum Gasteiger partial charge on any atom is 0.0423 e. The summed E-state index contributed by atoms with van der Waals surface area (Å²) in [6.07, 6.45) is 0. The van der Waals surface area contributed by atoms with E-state index in [4.69, 9.17) is 11.6 Å². The highest BCUT2D eigenvalue weighted by molar-refractivity contribution is 9.10. The summed E-state index contributed by atoms with van der Waals surface area (Å²) < 4.78 is 3.69. The lowest BCUT2D eigenvalue weighted by molar-refractivity contribution is 1.55. The summed E-state index contributed by atoms with van der Waals surface area (Å²) in [5.74, 6) is 0. The third-order valence-corrected chi connectivity index (χ3v) is 4.52. The summed E-state index contributed by atoms with van der Waals surface area (Å²) >= 11 is 11.4. The van der Waals surface area contributed by atoms with Crippen molar-refractivity contribution in [1.82, 2.24) is 0 Å². The molecule has 0 N–H and O–H groups in total. The molecule has 0 nitrogen and oxygen atoms in total. The van der Waals surface area contributed by atoms with Crippen LogP contribution < -0.4 is 0 Å². The van der Waals surface area contributed by atoms with Crippen LogP contribution in [0.1, 0.15) is 5.56 Å². The monoisotopic (exact) mass is 310 g/mol. The Morgan fingerprint density at radius 2 is 1.94 bits per heavy atom. The molecule has 0 fully saturated rings. The van der Waals surface area contributed by atoms with Crippen molar-refractivity contribution < 1.29 is 0 Å². The standard InChI is InChI=1S/C13H8BrClS/c1-7-4-9(15)6-12-13(7)10-5-8(14)2-3-11(10)16-12/h2-6H,1H3. The van der Waals surface area contributed by atoms with Gasteiger partial charge < -0.3 is 0 Å². The number of hydrogen-bond acceptors (Lipinski definition) is 1. The first kappa shape index (κ1) is 10.6. The van der Waals surface area contributed by atoms with Crippen molar-refractivity contribution in [2.75, 3.05) is 0 Å². The number of halogens is 2. The van der Waals surface area contributed by atoms with Crippen LogP contribution in [0.3, 0.4) is 0 Å². The van der Waals surface area contributed by atoms with Gasteiger partial charge in [-0.3, -0.25) is 0 Å². The molecule has 80 valence electrons. The third kappa shape index (κ3) is 1.56. The van der Waals surface area contributed by atoms with Gasteiger partial charge >= 0.3 is 0 Å². The van der Waals surface area contributed by atoms with Gasteiger partial charge in [-0.25, -0.2) is 0 Å². The summed E-state index contributed by atoms with van der Waals surface area (Å²) in [6.45, 7) is 2.11. The van der Waals surface area contributed by atoms with Crippen LogP contribution in [0, 0.1) is 6.92 Å². The van der Waals surface area contributed by atoms with E-state index in [0.717, 1.165) is 9.50 Å². The van der Waals surface area contributed by atoms with Crippen LogP contribution in [0.4, 0.5) is 0 Å². The minimum absolute atomic E-state index is 0.815. The van der Waals surface area contributed by atoms with Crippen molar-refractivity contribution in [3.63, 3.8) is 0 Å². The van der Waals surface area contributed by atoms with Gasteiger partial charge in [-0.1, -0.05) is 27.5 Å². The smallest absolute Gasteiger partial charge is 0.0423 e. The maximum absolute atomic E-state index is 6.08. The predicted octanol–water partition coefficient (Wildman–Crippen LogP) is 5.78. The molecule has 0 atom stereocenters. The summed E-state index contributed by atoms with van der Waals surface area (Å²) in [5, 5.41) is 3.45. The molecule has 3 heteroatoms. The highest BCUT2D eigenvalue weighted by Crippen LogP contribution is 2.38. The molecule has 3 rings (SSSR count). The van der Waals surface area contributed by atoms with Crippen LogP contribution in [0.15, 0.2) is 34.8 Å². The molecule has 2 aromatic carbocycles. The highest BCUT2D eigenvalue weighted by atomic mass is 79.9. The molecule has 1 aromatic heterocycles. The van der Waals surface area contributed by atoms with Gasteiger partial charge in [0.2, 0.25) is 0 Å². The first-order valence-corrected chi connectivity index (χ1v) is 6.92. The molecule has 0 aliphatic carbocycles. The molecule has 16 heavy (non-hydrogen) atoms. The second-order valence-electron chi connectivity index (χ2n) is 3.84. The Kier molecular flexibility index (Phi) is 2.46. The Labute approximate surface area is 111 Å². The average molecular weight is 312 g/mol. The minimum Gasteiger partial charge on any atom is -0.135 e. The van der Waals surface area contributed by atoms with Crippen LogP contribution in [0.25, 0.3) is 20.2 Å². The molecule has 0 radical (unpaired) electrons. The van der Waals surface area contributed by atoms with E-state index in [9.17, 15) is 0 Å². The van der Waals surface area contributed by atoms with E-state index < -0.39 is 0 Å². The predicted molar refractivity (Wildman–Crippen MR) is 76.8 cm³/mol. The number of aryl methyl sites for hydroxylation is 1. The highest BCUT2D eigenvalue weighted by Gasteiger charge is 2.08. The lowest BCUT2D eigenvalue weighted by Gasteiger charge is -1.98. The number of benzene rings is 2. The molecule has 0 unspecified atom stereocenters. The number of fused-ring (bicyclic) bond motifs is 3. The van der Waals surface area contributed by atoms with Gasteiger partial charge in [-0.05, 0) is 42.8 Å². The Balaban J connectivity index is 2.57. The molecular formula is C13H8BrClS. The van der Waals surface area contributed by atoms with Gasteiger partial charge in [0.05, 0.1) is 0 Å². The molecule has 0 spiro atoms. The van der Waals surface area contributed by atoms with Crippen LogP contribution in [0.5, 0.6) is 0 Å². The zero-order valence-electron chi connectivity index (χ0n) is 8.55. The van der Waals surface area contributed by atoms with Crippen molar-refractivity contribution in [3.05, 3.63) is 45.4 Å². The fraction of sp³-hybridized carbons (Fsp3) is 0.0769. The largest absolute Gasteiger partial charge is 0.135 e. The van der Waals surface area contributed by atoms with E-state index in [-0.39, 0.29) is 0 Å². The lowest BCUT2D eigenvalue weighted by atomic mass is 10.1. The molecule has 0 aliphatic rings. The fourth-order valence-corrected chi connectivity index (χ4v) is 3.94. The van der Waals surface area contributed by atoms with E-state index >= 15 is 0 Å². The van der Waals surface area contributed by atoms with Gasteiger partial charge in [-0.2, -0.15) is 0 Å². The Bertz CT molecular complexity index is 700. The Hall–Kier alpha value is -0.570. The number of hydrogen-bond donors (Lipinski definition) is 0. The average Bonchev–Trinajstić information content (AvgIpc) is 2.54. The summed E-state index contributed by atoms with van der Waals surface area (Å²) in [5.41, 5.74) is 1.24. The van der Waals surface area contributed by atoms with Gasteiger partial charge in [0, 0.05) is 29.7 Å². The molecule has 1 heterocycles. The zero-order chi connectivity index (χ0) is 11.3. The van der Waals surface area contributed by atoms with E-state index in [1.54, 1.807) is 11.3 Å². The second-order valence-corrected chi connectivity index (χ2v) is 6.27. The minimum atomic E-state index is 0.815. The first-order valence-electron chi connectivity index (χ1n) is 4.93. The molecular weight excluding hydrogens is 304 g/mol. The molecule has 3 aromatic rings. The second kappa shape index (κ2) is 3.73. The van der Waals surface area contributed by atoms with Crippen molar-refractivity contribution in [1.29, 1.82) is 0 Å². The van der Waals surface area contributed by atoms with Crippen molar-refractivity contribution in [3.8, 4) is 0 Å². The van der Waals surface area contributed by atoms with Gasteiger partial charge in [0.25, 0.3) is 0 Å². The summed E-state index contributed by atoms with van der Waals surface area (Å²) in [6, 6.07) is 10.5. The Morgan fingerprint density at radius 1 is 1.12 bits per heavy atom. The molecule has 0 saturated carbocycles. The molecule has 0 aliphatic heterocycles. The van der Waals surface area contributed by atoms with E-state index in [1.165, 1.54) is 25.7 Å². The maximum atomic E-state index is 6.08. The van der Waals surface area contributed by atoms with Crippen molar-refractivity contribution in [2.24, 2.45) is 0 Å². The van der Waals surface area contributed by atoms with E-state index in [2.05, 4.69) is 41.1 Å². The molecule has 0 bridgehead atoms. The lowest BCUT2D eigenvalue weighted by Crippen LogP contribution is -1.75. The van der Waals surface area contributed by atoms with E-state index in [1.807, 2.05) is 12.1 Å². The third-order valence-electron chi connectivity index (χ3n) is 2.69. The van der Waals surface area contributed by atoms with Crippen LogP contribution in [-0.4, -0.2) is 0 Å². The van der Waals surface area contributed by atoms with Crippen LogP contribution in [0.2, 0.25) is 5.02 Å². The number of rotatable bonds is 0. The summed E-state index contributed by atoms with van der Waals surface area (Å²) in [4.78, 5) is 0. The van der Waals surface area contributed by atoms with Crippen LogP contribution >= 0.6 is 38.9 Å². The normalized spacial score (nSPS) is 11.4. The fourth-order valence-electron chi connectivity index (χ4n) is 2.04. The van der Waals surface area contributed by atoms with E-state index in [0.29, 0.717) is 0 Å². The van der Waals surface area contributed by atoms with Crippen molar-refractivity contribution >= 4 is 59.0 Å². The van der Waals surface area contributed by atoms with Gasteiger partial charge in [0.1, 0.15) is 0 Å². The quantitative estimate of drug-likeness (QED) is 0.494. The van der Waals surface area contributed by atoms with Crippen molar-refractivity contribution in [2.45, 2.75) is 6.92 Å². The number of thiophene rings is 1. The van der Waals surface area contributed by atoms with Gasteiger partial charge in [0.15, 0.2) is 0 Å². The topological polar surface area (TPSA) is 0 Å². The SMILES string of the molecule is Cc1cc(Cl)cc2sc3ccc(Br)cc3c12. The summed E-state index contributed by atoms with van der Waals surface area (Å²) in [7, 11) is 0. The molecule has 0 saturated heterocycles. The Morgan fingerprint density at radius 3 is 2.75 bits per heavy atom. The zero-order valence-corrected chi connectivity index (χ0v) is 11.7.